The van der Waals surface area contributed by atoms with Crippen molar-refractivity contribution in [3.8, 4) is 0 Å². The maximum atomic E-state index is 5.93. The van der Waals surface area contributed by atoms with Crippen molar-refractivity contribution >= 4 is 0 Å². The van der Waals surface area contributed by atoms with Crippen LogP contribution in [-0.2, 0) is 4.74 Å². The Morgan fingerprint density at radius 2 is 2.47 bits per heavy atom. The molecule has 2 atom stereocenters. The van der Waals surface area contributed by atoms with Gasteiger partial charge in [0.1, 0.15) is 12.2 Å². The first kappa shape index (κ1) is 11.1. The average molecular weight is 237 g/mol. The van der Waals surface area contributed by atoms with Crippen LogP contribution in [0.3, 0.4) is 0 Å². The smallest absolute Gasteiger partial charge is 0.143 e. The Labute approximate surface area is 100 Å². The predicted octanol–water partition coefficient (Wildman–Crippen LogP) is 0.658. The van der Waals surface area contributed by atoms with Crippen molar-refractivity contribution < 1.29 is 4.74 Å². The topological polar surface area (TPSA) is 88.9 Å². The summed E-state index contributed by atoms with van der Waals surface area (Å²) < 4.78 is 5.93. The van der Waals surface area contributed by atoms with Gasteiger partial charge in [0.2, 0.25) is 0 Å². The number of nitrogens with one attached hydrogen (secondary N) is 2. The molecule has 0 amide bonds. The molecule has 1 aromatic rings. The fourth-order valence-electron chi connectivity index (χ4n) is 3.07. The van der Waals surface area contributed by atoms with Gasteiger partial charge in [0.05, 0.1) is 11.6 Å². The first-order chi connectivity index (χ1) is 8.33. The zero-order chi connectivity index (χ0) is 11.7. The minimum absolute atomic E-state index is 0.0545. The van der Waals surface area contributed by atoms with Gasteiger partial charge in [-0.25, -0.2) is 10.4 Å². The Morgan fingerprint density at radius 1 is 1.59 bits per heavy atom. The molecular formula is C11H19N5O. The van der Waals surface area contributed by atoms with Gasteiger partial charge in [-0.05, 0) is 38.0 Å². The molecule has 1 aromatic heterocycles. The molecule has 2 aliphatic rings. The Balaban J connectivity index is 1.73. The monoisotopic (exact) mass is 237 g/mol. The third-order valence-corrected chi connectivity index (χ3v) is 4.18. The van der Waals surface area contributed by atoms with E-state index in [-0.39, 0.29) is 11.6 Å². The van der Waals surface area contributed by atoms with E-state index < -0.39 is 0 Å². The summed E-state index contributed by atoms with van der Waals surface area (Å²) in [4.78, 5) is 4.20. The van der Waals surface area contributed by atoms with Crippen LogP contribution >= 0.6 is 0 Å². The first-order valence-corrected chi connectivity index (χ1v) is 6.28. The fourth-order valence-corrected chi connectivity index (χ4v) is 3.07. The first-order valence-electron chi connectivity index (χ1n) is 6.28. The predicted molar refractivity (Wildman–Crippen MR) is 61.7 cm³/mol. The Kier molecular flexibility index (Phi) is 2.85. The van der Waals surface area contributed by atoms with Crippen molar-refractivity contribution in [2.75, 3.05) is 6.61 Å². The number of ether oxygens (including phenoxy) is 1. The molecule has 1 spiro atoms. The SMILES string of the molecule is NNC(c1ncn[nH]1)C1CCOC2(CCC2)C1. The number of rotatable bonds is 3. The van der Waals surface area contributed by atoms with Gasteiger partial charge in [-0.2, -0.15) is 5.10 Å². The summed E-state index contributed by atoms with van der Waals surface area (Å²) in [6.07, 6.45) is 7.29. The summed E-state index contributed by atoms with van der Waals surface area (Å²) in [6, 6.07) is 0.0545. The van der Waals surface area contributed by atoms with Gasteiger partial charge in [-0.3, -0.25) is 10.9 Å². The van der Waals surface area contributed by atoms with Crippen LogP contribution < -0.4 is 11.3 Å². The maximum Gasteiger partial charge on any atom is 0.143 e. The number of H-pyrrole nitrogens is 1. The van der Waals surface area contributed by atoms with Gasteiger partial charge in [0.25, 0.3) is 0 Å². The third-order valence-electron chi connectivity index (χ3n) is 4.18. The molecule has 0 bridgehead atoms. The minimum Gasteiger partial charge on any atom is -0.375 e. The van der Waals surface area contributed by atoms with Crippen LogP contribution in [0.5, 0.6) is 0 Å². The second-order valence-corrected chi connectivity index (χ2v) is 5.15. The molecule has 94 valence electrons. The number of hydrogen-bond acceptors (Lipinski definition) is 5. The highest BCUT2D eigenvalue weighted by atomic mass is 16.5. The van der Waals surface area contributed by atoms with Gasteiger partial charge in [-0.1, -0.05) is 0 Å². The number of aromatic nitrogens is 3. The lowest BCUT2D eigenvalue weighted by Crippen LogP contribution is -2.48. The summed E-state index contributed by atoms with van der Waals surface area (Å²) >= 11 is 0. The summed E-state index contributed by atoms with van der Waals surface area (Å²) in [5.41, 5.74) is 3.01. The average Bonchev–Trinajstić information content (AvgIpc) is 2.82. The van der Waals surface area contributed by atoms with Crippen LogP contribution in [0.1, 0.15) is 44.0 Å². The molecule has 2 unspecified atom stereocenters. The summed E-state index contributed by atoms with van der Waals surface area (Å²) in [6.45, 7) is 0.830. The van der Waals surface area contributed by atoms with Crippen LogP contribution in [0.25, 0.3) is 0 Å². The van der Waals surface area contributed by atoms with E-state index in [2.05, 4.69) is 20.6 Å². The zero-order valence-electron chi connectivity index (χ0n) is 9.85. The number of nitrogens with two attached hydrogens (primary N) is 1. The van der Waals surface area contributed by atoms with E-state index in [1.165, 1.54) is 25.6 Å². The van der Waals surface area contributed by atoms with E-state index in [0.29, 0.717) is 5.92 Å². The number of hydrazine groups is 1. The molecule has 17 heavy (non-hydrogen) atoms. The van der Waals surface area contributed by atoms with Crippen molar-refractivity contribution in [3.63, 3.8) is 0 Å². The molecule has 3 rings (SSSR count). The van der Waals surface area contributed by atoms with E-state index in [1.54, 1.807) is 0 Å². The number of nitrogens with zero attached hydrogens (tertiary/aromatic N) is 2. The van der Waals surface area contributed by atoms with E-state index in [9.17, 15) is 0 Å². The Morgan fingerprint density at radius 3 is 3.06 bits per heavy atom. The number of aromatic amines is 1. The van der Waals surface area contributed by atoms with E-state index in [4.69, 9.17) is 10.6 Å². The normalized spacial score (nSPS) is 28.9. The molecule has 0 radical (unpaired) electrons. The molecule has 4 N–H and O–H groups in total. The second kappa shape index (κ2) is 4.36. The highest BCUT2D eigenvalue weighted by molar-refractivity contribution is 5.01. The molecule has 0 aromatic carbocycles. The van der Waals surface area contributed by atoms with Gasteiger partial charge < -0.3 is 4.74 Å². The summed E-state index contributed by atoms with van der Waals surface area (Å²) in [5.74, 6) is 6.97. The lowest BCUT2D eigenvalue weighted by Gasteiger charge is -2.48. The van der Waals surface area contributed by atoms with Crippen LogP contribution in [-0.4, -0.2) is 27.4 Å². The van der Waals surface area contributed by atoms with Crippen molar-refractivity contribution in [1.82, 2.24) is 20.6 Å². The maximum absolute atomic E-state index is 5.93. The quantitative estimate of drug-likeness (QED) is 0.531. The Bertz CT molecular complexity index is 362. The van der Waals surface area contributed by atoms with Crippen LogP contribution in [0, 0.1) is 5.92 Å². The molecule has 1 aliphatic carbocycles. The van der Waals surface area contributed by atoms with Gasteiger partial charge in [0.15, 0.2) is 0 Å². The minimum atomic E-state index is 0.0545. The van der Waals surface area contributed by atoms with Crippen LogP contribution in [0.4, 0.5) is 0 Å². The molecule has 2 heterocycles. The summed E-state index contributed by atoms with van der Waals surface area (Å²) in [7, 11) is 0. The molecular weight excluding hydrogens is 218 g/mol. The second-order valence-electron chi connectivity index (χ2n) is 5.15. The Hall–Kier alpha value is -0.980. The van der Waals surface area contributed by atoms with E-state index >= 15 is 0 Å². The molecule has 1 saturated heterocycles. The molecule has 1 saturated carbocycles. The summed E-state index contributed by atoms with van der Waals surface area (Å²) in [5, 5.41) is 6.80. The lowest BCUT2D eigenvalue weighted by molar-refractivity contribution is -0.147. The fraction of sp³-hybridized carbons (Fsp3) is 0.818. The highest BCUT2D eigenvalue weighted by Gasteiger charge is 2.44. The van der Waals surface area contributed by atoms with Crippen molar-refractivity contribution in [2.24, 2.45) is 11.8 Å². The molecule has 1 aliphatic heterocycles. The van der Waals surface area contributed by atoms with Crippen molar-refractivity contribution in [1.29, 1.82) is 0 Å². The van der Waals surface area contributed by atoms with Gasteiger partial charge >= 0.3 is 0 Å². The lowest BCUT2D eigenvalue weighted by atomic mass is 9.70. The van der Waals surface area contributed by atoms with Gasteiger partial charge in [0, 0.05) is 6.61 Å². The van der Waals surface area contributed by atoms with Crippen molar-refractivity contribution in [2.45, 2.75) is 43.7 Å². The molecule has 6 nitrogen and oxygen atoms in total. The van der Waals surface area contributed by atoms with Crippen LogP contribution in [0.15, 0.2) is 6.33 Å². The largest absolute Gasteiger partial charge is 0.375 e. The highest BCUT2D eigenvalue weighted by Crippen LogP contribution is 2.46. The molecule has 6 heteroatoms. The van der Waals surface area contributed by atoms with Crippen molar-refractivity contribution in [3.05, 3.63) is 12.2 Å². The standard InChI is InChI=1S/C11H19N5O/c12-15-9(10-13-7-14-16-10)8-2-5-17-11(6-8)3-1-4-11/h7-9,15H,1-6,12H2,(H,13,14,16). The number of hydrogen-bond donors (Lipinski definition) is 3. The van der Waals surface area contributed by atoms with E-state index in [0.717, 1.165) is 25.3 Å². The van der Waals surface area contributed by atoms with Gasteiger partial charge in [-0.15, -0.1) is 0 Å². The molecule has 2 fully saturated rings. The third kappa shape index (κ3) is 1.96. The zero-order valence-corrected chi connectivity index (χ0v) is 9.85. The van der Waals surface area contributed by atoms with Crippen LogP contribution in [0.2, 0.25) is 0 Å². The van der Waals surface area contributed by atoms with E-state index in [1.807, 2.05) is 0 Å².